The number of methoxy groups -OCH3 is 1. The normalized spacial score (nSPS) is 11.3. The molecule has 0 unspecified atom stereocenters. The van der Waals surface area contributed by atoms with Crippen LogP contribution in [0.3, 0.4) is 0 Å². The standard InChI is InChI=1S/C26H30N4O4/c1-4-5-16-34-20-11-9-19(10-12-20)27-25(31)22-17-21-24(29(22)14-7-15-33-3)28-23-18(2)8-6-13-30(23)26(21)32/h6,8-13,17H,4-5,7,14-16H2,1-3H3,(H,27,31). The van der Waals surface area contributed by atoms with Crippen LogP contribution in [0.2, 0.25) is 0 Å². The van der Waals surface area contributed by atoms with E-state index in [1.54, 1.807) is 23.9 Å². The van der Waals surface area contributed by atoms with Crippen molar-refractivity contribution in [1.82, 2.24) is 14.0 Å². The Balaban J connectivity index is 1.69. The number of hydrogen-bond acceptors (Lipinski definition) is 5. The second-order valence-corrected chi connectivity index (χ2v) is 8.25. The number of carbonyl (C=O) groups is 1. The molecule has 0 aliphatic carbocycles. The van der Waals surface area contributed by atoms with E-state index in [2.05, 4.69) is 12.2 Å². The smallest absolute Gasteiger partial charge is 0.272 e. The van der Waals surface area contributed by atoms with Crippen LogP contribution in [-0.4, -0.2) is 40.2 Å². The predicted octanol–water partition coefficient (Wildman–Crippen LogP) is 4.43. The summed E-state index contributed by atoms with van der Waals surface area (Å²) < 4.78 is 14.2. The van der Waals surface area contributed by atoms with E-state index >= 15 is 0 Å². The number of benzene rings is 1. The Hall–Kier alpha value is -3.65. The molecule has 0 aliphatic rings. The Kier molecular flexibility index (Phi) is 7.27. The van der Waals surface area contributed by atoms with Crippen molar-refractivity contribution in [3.05, 3.63) is 70.3 Å². The lowest BCUT2D eigenvalue weighted by molar-refractivity contribution is 0.101. The molecule has 0 atom stereocenters. The molecule has 178 valence electrons. The first kappa shape index (κ1) is 23.5. The maximum atomic E-state index is 13.3. The van der Waals surface area contributed by atoms with Gasteiger partial charge in [0.2, 0.25) is 0 Å². The number of unbranched alkanes of at least 4 members (excludes halogenated alkanes) is 1. The molecule has 34 heavy (non-hydrogen) atoms. The monoisotopic (exact) mass is 462 g/mol. The number of ether oxygens (including phenoxy) is 2. The summed E-state index contributed by atoms with van der Waals surface area (Å²) in [4.78, 5) is 31.2. The van der Waals surface area contributed by atoms with E-state index < -0.39 is 0 Å². The zero-order valence-corrected chi connectivity index (χ0v) is 19.8. The van der Waals surface area contributed by atoms with Crippen molar-refractivity contribution < 1.29 is 14.3 Å². The highest BCUT2D eigenvalue weighted by atomic mass is 16.5. The van der Waals surface area contributed by atoms with Gasteiger partial charge in [0.1, 0.15) is 22.7 Å². The number of hydrogen-bond donors (Lipinski definition) is 1. The van der Waals surface area contributed by atoms with Crippen LogP contribution in [0, 0.1) is 6.92 Å². The van der Waals surface area contributed by atoms with Gasteiger partial charge in [-0.05, 0) is 61.7 Å². The third kappa shape index (κ3) is 4.82. The molecule has 1 N–H and O–H groups in total. The minimum absolute atomic E-state index is 0.197. The molecule has 8 heteroatoms. The number of fused-ring (bicyclic) bond motifs is 2. The minimum Gasteiger partial charge on any atom is -0.494 e. The molecule has 8 nitrogen and oxygen atoms in total. The number of aryl methyl sites for hydroxylation is 2. The Morgan fingerprint density at radius 1 is 1.09 bits per heavy atom. The lowest BCUT2D eigenvalue weighted by Gasteiger charge is -2.12. The maximum Gasteiger partial charge on any atom is 0.272 e. The topological polar surface area (TPSA) is 86.9 Å². The predicted molar refractivity (Wildman–Crippen MR) is 133 cm³/mol. The van der Waals surface area contributed by atoms with Gasteiger partial charge < -0.3 is 19.4 Å². The van der Waals surface area contributed by atoms with Gasteiger partial charge in [0.05, 0.1) is 12.0 Å². The van der Waals surface area contributed by atoms with Gasteiger partial charge in [-0.15, -0.1) is 0 Å². The van der Waals surface area contributed by atoms with Crippen LogP contribution in [0.25, 0.3) is 16.7 Å². The largest absolute Gasteiger partial charge is 0.494 e. The molecular formula is C26H30N4O4. The number of anilines is 1. The van der Waals surface area contributed by atoms with Crippen molar-refractivity contribution in [1.29, 1.82) is 0 Å². The molecule has 1 amide bonds. The number of aromatic nitrogens is 3. The van der Waals surface area contributed by atoms with Gasteiger partial charge in [-0.25, -0.2) is 4.98 Å². The van der Waals surface area contributed by atoms with Gasteiger partial charge >= 0.3 is 0 Å². The SMILES string of the molecule is CCCCOc1ccc(NC(=O)c2cc3c(=O)n4cccc(C)c4nc3n2CCCOC)cc1. The Morgan fingerprint density at radius 2 is 1.88 bits per heavy atom. The second kappa shape index (κ2) is 10.5. The van der Waals surface area contributed by atoms with Gasteiger partial charge in [-0.2, -0.15) is 0 Å². The van der Waals surface area contributed by atoms with Crippen LogP contribution in [-0.2, 0) is 11.3 Å². The van der Waals surface area contributed by atoms with Gasteiger partial charge in [0.25, 0.3) is 11.5 Å². The average Bonchev–Trinajstić information content (AvgIpc) is 3.20. The molecule has 0 radical (unpaired) electrons. The van der Waals surface area contributed by atoms with Crippen LogP contribution in [0.1, 0.15) is 42.2 Å². The molecule has 0 aliphatic heterocycles. The van der Waals surface area contributed by atoms with Gasteiger partial charge in [-0.3, -0.25) is 14.0 Å². The van der Waals surface area contributed by atoms with Crippen molar-refractivity contribution in [3.8, 4) is 5.75 Å². The highest BCUT2D eigenvalue weighted by Crippen LogP contribution is 2.21. The van der Waals surface area contributed by atoms with E-state index in [0.29, 0.717) is 54.2 Å². The lowest BCUT2D eigenvalue weighted by atomic mass is 10.2. The van der Waals surface area contributed by atoms with E-state index in [4.69, 9.17) is 14.5 Å². The first-order chi connectivity index (χ1) is 16.5. The summed E-state index contributed by atoms with van der Waals surface area (Å²) >= 11 is 0. The zero-order chi connectivity index (χ0) is 24.1. The minimum atomic E-state index is -0.305. The number of amides is 1. The number of pyridine rings is 1. The first-order valence-electron chi connectivity index (χ1n) is 11.6. The van der Waals surface area contributed by atoms with Crippen molar-refractivity contribution >= 4 is 28.3 Å². The Bertz CT molecular complexity index is 1360. The molecule has 4 rings (SSSR count). The molecule has 0 saturated carbocycles. The summed E-state index contributed by atoms with van der Waals surface area (Å²) in [6, 6.07) is 12.6. The number of carbonyl (C=O) groups excluding carboxylic acids is 1. The second-order valence-electron chi connectivity index (χ2n) is 8.25. The van der Waals surface area contributed by atoms with Gasteiger partial charge in [0.15, 0.2) is 0 Å². The molecule has 4 aromatic rings. The molecule has 0 saturated heterocycles. The summed E-state index contributed by atoms with van der Waals surface area (Å²) in [7, 11) is 1.64. The summed E-state index contributed by atoms with van der Waals surface area (Å²) in [5.41, 5.74) is 2.80. The first-order valence-corrected chi connectivity index (χ1v) is 11.6. The van der Waals surface area contributed by atoms with Crippen molar-refractivity contribution in [2.75, 3.05) is 25.6 Å². The number of rotatable bonds is 10. The quantitative estimate of drug-likeness (QED) is 0.353. The Morgan fingerprint density at radius 3 is 2.62 bits per heavy atom. The molecule has 3 heterocycles. The molecule has 0 fully saturated rings. The fourth-order valence-electron chi connectivity index (χ4n) is 3.91. The maximum absolute atomic E-state index is 13.3. The van der Waals surface area contributed by atoms with Crippen molar-refractivity contribution in [2.45, 2.75) is 39.7 Å². The van der Waals surface area contributed by atoms with Crippen molar-refractivity contribution in [2.24, 2.45) is 0 Å². The number of nitrogens with one attached hydrogen (secondary N) is 1. The zero-order valence-electron chi connectivity index (χ0n) is 19.8. The van der Waals surface area contributed by atoms with E-state index in [0.717, 1.165) is 24.2 Å². The third-order valence-electron chi connectivity index (χ3n) is 5.73. The van der Waals surface area contributed by atoms with E-state index in [1.807, 2.05) is 43.3 Å². The summed E-state index contributed by atoms with van der Waals surface area (Å²) in [5.74, 6) is 0.458. The van der Waals surface area contributed by atoms with Crippen LogP contribution >= 0.6 is 0 Å². The molecule has 0 spiro atoms. The number of nitrogens with zero attached hydrogens (tertiary/aromatic N) is 3. The van der Waals surface area contributed by atoms with E-state index in [1.165, 1.54) is 4.40 Å². The van der Waals surface area contributed by atoms with Crippen LogP contribution in [0.5, 0.6) is 5.75 Å². The Labute approximate surface area is 198 Å². The average molecular weight is 463 g/mol. The van der Waals surface area contributed by atoms with E-state index in [-0.39, 0.29) is 11.5 Å². The van der Waals surface area contributed by atoms with Crippen molar-refractivity contribution in [3.63, 3.8) is 0 Å². The molecular weight excluding hydrogens is 432 g/mol. The lowest BCUT2D eigenvalue weighted by Crippen LogP contribution is -2.18. The summed E-state index contributed by atoms with van der Waals surface area (Å²) in [6.45, 7) is 5.73. The summed E-state index contributed by atoms with van der Waals surface area (Å²) in [5, 5.41) is 3.34. The molecule has 3 aromatic heterocycles. The van der Waals surface area contributed by atoms with Crippen LogP contribution in [0.4, 0.5) is 5.69 Å². The van der Waals surface area contributed by atoms with Gasteiger partial charge in [-0.1, -0.05) is 19.4 Å². The highest BCUT2D eigenvalue weighted by molar-refractivity contribution is 6.06. The highest BCUT2D eigenvalue weighted by Gasteiger charge is 2.20. The fourth-order valence-corrected chi connectivity index (χ4v) is 3.91. The molecule has 0 bridgehead atoms. The third-order valence-corrected chi connectivity index (χ3v) is 5.73. The van der Waals surface area contributed by atoms with Crippen LogP contribution in [0.15, 0.2) is 53.5 Å². The van der Waals surface area contributed by atoms with Crippen LogP contribution < -0.4 is 15.6 Å². The van der Waals surface area contributed by atoms with E-state index in [9.17, 15) is 9.59 Å². The fraction of sp³-hybridized carbons (Fsp3) is 0.346. The molecule has 1 aromatic carbocycles. The summed E-state index contributed by atoms with van der Waals surface area (Å²) in [6.07, 6.45) is 4.44. The van der Waals surface area contributed by atoms with Gasteiger partial charge in [0, 0.05) is 32.1 Å².